The fourth-order valence-electron chi connectivity index (χ4n) is 6.47. The minimum atomic E-state index is -4.75. The van der Waals surface area contributed by atoms with Gasteiger partial charge in [-0.2, -0.15) is 26.3 Å². The average molecular weight is 1080 g/mol. The van der Waals surface area contributed by atoms with Gasteiger partial charge in [-0.05, 0) is 93.2 Å². The van der Waals surface area contributed by atoms with Gasteiger partial charge >= 0.3 is 18.3 Å². The van der Waals surface area contributed by atoms with E-state index in [-0.39, 0.29) is 38.3 Å². The first-order valence-corrected chi connectivity index (χ1v) is 20.2. The fourth-order valence-corrected chi connectivity index (χ4v) is 7.43. The number of aromatic nitrogens is 2. The number of carbonyl (C=O) groups excluding carboxylic acids is 2. The Hall–Kier alpha value is -6.47. The maximum atomic E-state index is 16.0. The number of carboxylic acids is 1. The Kier molecular flexibility index (Phi) is 14.5. The van der Waals surface area contributed by atoms with Crippen LogP contribution >= 0.6 is 31.9 Å². The van der Waals surface area contributed by atoms with E-state index in [1.165, 1.54) is 0 Å². The molecule has 3 atom stereocenters. The Balaban J connectivity index is 1.51. The predicted molar refractivity (Wildman–Crippen MR) is 217 cm³/mol. The Labute approximate surface area is 386 Å². The van der Waals surface area contributed by atoms with Crippen molar-refractivity contribution in [3.05, 3.63) is 146 Å². The molecule has 6 rings (SSSR count). The average Bonchev–Trinajstić information content (AvgIpc) is 3.83. The third-order valence-electron chi connectivity index (χ3n) is 9.57. The zero-order valence-electron chi connectivity index (χ0n) is 33.2. The Bertz CT molecular complexity index is 2840. The number of carboxylic acid groups (broad SMARTS) is 1. The van der Waals surface area contributed by atoms with Gasteiger partial charge in [0.05, 0.1) is 17.7 Å². The first-order valence-electron chi connectivity index (χ1n) is 18.6. The van der Waals surface area contributed by atoms with E-state index in [9.17, 15) is 54.6 Å². The van der Waals surface area contributed by atoms with Crippen molar-refractivity contribution < 1.29 is 86.4 Å². The van der Waals surface area contributed by atoms with E-state index in [2.05, 4.69) is 48.8 Å². The highest BCUT2D eigenvalue weighted by atomic mass is 79.9. The number of alkyl halides is 6. The SMILES string of the molecule is [CH2]CCC(Oc1ccc(F)c(C(N)=O)c1F)(c1nc(-c2ccc(C(F)(F)F)cc2)c(Br)o1)C(OCC(Oc1ccc(F)c(C(N)=O)c1F)c1nc(-c2ccc(C(F)(F)F)cc2)c(Br)o1)C(=O)O. The molecule has 0 aliphatic rings. The molecule has 353 valence electrons. The topological polar surface area (TPSA) is 203 Å². The minimum absolute atomic E-state index is 0.000211. The summed E-state index contributed by atoms with van der Waals surface area (Å²) in [7, 11) is 0. The number of halogens is 12. The second-order valence-electron chi connectivity index (χ2n) is 13.9. The van der Waals surface area contributed by atoms with Crippen LogP contribution in [0.3, 0.4) is 0 Å². The van der Waals surface area contributed by atoms with Crippen molar-refractivity contribution in [2.75, 3.05) is 6.61 Å². The van der Waals surface area contributed by atoms with Crippen molar-refractivity contribution in [2.45, 2.75) is 43.0 Å². The number of rotatable bonds is 17. The van der Waals surface area contributed by atoms with Crippen LogP contribution in [0.25, 0.3) is 22.5 Å². The van der Waals surface area contributed by atoms with Crippen molar-refractivity contribution in [3.8, 4) is 34.0 Å². The smallest absolute Gasteiger partial charge is 0.416 e. The molecule has 2 heterocycles. The summed E-state index contributed by atoms with van der Waals surface area (Å²) in [6.45, 7) is 2.54. The summed E-state index contributed by atoms with van der Waals surface area (Å²) < 4.78 is 170. The zero-order valence-corrected chi connectivity index (χ0v) is 36.4. The highest BCUT2D eigenvalue weighted by molar-refractivity contribution is 9.10. The molecule has 1 radical (unpaired) electrons. The highest BCUT2D eigenvalue weighted by Gasteiger charge is 2.53. The number of nitrogens with two attached hydrogens (primary N) is 2. The lowest BCUT2D eigenvalue weighted by Crippen LogP contribution is -2.51. The van der Waals surface area contributed by atoms with E-state index in [0.717, 1.165) is 24.3 Å². The van der Waals surface area contributed by atoms with Gasteiger partial charge in [0.25, 0.3) is 11.8 Å². The molecule has 4 aromatic carbocycles. The molecule has 0 saturated heterocycles. The van der Waals surface area contributed by atoms with Gasteiger partial charge in [-0.15, -0.1) is 0 Å². The monoisotopic (exact) mass is 1080 g/mol. The molecule has 6 aromatic rings. The van der Waals surface area contributed by atoms with Gasteiger partial charge in [0, 0.05) is 11.1 Å². The summed E-state index contributed by atoms with van der Waals surface area (Å²) in [5.74, 6) is -15.0. The standard InChI is InChI=1S/C42H27Br2F10N4O9/c1-2-15-40(67-24-14-12-22(46)27(29(24)48)36(56)60,39-58-31(34(44)66-39)18-5-9-20(10-6-18)42(52,53)54)32(38(61)62)63-16-25(64-23-13-11-21(45)26(28(23)47)35(55)59)37-57-30(33(43)65-37)17-3-7-19(8-4-17)41(49,50)51/h3-14,25,32H,1-2,15-16H2,(H2,55,59)(H2,56,60)(H,61,62). The van der Waals surface area contributed by atoms with Gasteiger partial charge in [-0.1, -0.05) is 31.2 Å². The first kappa shape index (κ1) is 50.0. The lowest BCUT2D eigenvalue weighted by atomic mass is 9.90. The molecule has 2 amide bonds. The van der Waals surface area contributed by atoms with Crippen LogP contribution in [-0.4, -0.2) is 45.6 Å². The molecule has 0 fully saturated rings. The molecule has 0 bridgehead atoms. The maximum Gasteiger partial charge on any atom is 0.416 e. The molecule has 0 aliphatic heterocycles. The van der Waals surface area contributed by atoms with Crippen LogP contribution in [-0.2, 0) is 27.5 Å². The minimum Gasteiger partial charge on any atom is -0.479 e. The van der Waals surface area contributed by atoms with Crippen LogP contribution in [0.15, 0.2) is 91.0 Å². The van der Waals surface area contributed by atoms with Crippen LogP contribution in [0.1, 0.15) is 62.6 Å². The van der Waals surface area contributed by atoms with E-state index >= 15 is 8.78 Å². The number of carbonyl (C=O) groups is 3. The second-order valence-corrected chi connectivity index (χ2v) is 15.4. The number of nitrogens with zero attached hydrogens (tertiary/aromatic N) is 2. The maximum absolute atomic E-state index is 16.0. The lowest BCUT2D eigenvalue weighted by molar-refractivity contribution is -0.178. The number of hydrogen-bond acceptors (Lipinski definition) is 10. The van der Waals surface area contributed by atoms with Gasteiger partial charge in [-0.3, -0.25) is 9.59 Å². The molecule has 25 heteroatoms. The molecular formula is C42H27Br2F10N4O9. The summed E-state index contributed by atoms with van der Waals surface area (Å²) in [4.78, 5) is 46.1. The fraction of sp³-hybridized carbons (Fsp3) is 0.190. The molecule has 5 N–H and O–H groups in total. The Morgan fingerprint density at radius 2 is 1.16 bits per heavy atom. The van der Waals surface area contributed by atoms with Gasteiger partial charge < -0.3 is 39.6 Å². The number of primary amides is 2. The van der Waals surface area contributed by atoms with Crippen LogP contribution in [0.4, 0.5) is 43.9 Å². The van der Waals surface area contributed by atoms with Gasteiger partial charge in [-0.25, -0.2) is 32.3 Å². The van der Waals surface area contributed by atoms with Gasteiger partial charge in [0.15, 0.2) is 38.6 Å². The molecule has 67 heavy (non-hydrogen) atoms. The molecule has 3 unspecified atom stereocenters. The Morgan fingerprint density at radius 3 is 1.63 bits per heavy atom. The van der Waals surface area contributed by atoms with Crippen LogP contribution in [0, 0.1) is 30.2 Å². The van der Waals surface area contributed by atoms with Crippen LogP contribution in [0.5, 0.6) is 11.5 Å². The number of amides is 2. The van der Waals surface area contributed by atoms with E-state index in [4.69, 9.17) is 34.5 Å². The number of benzene rings is 4. The molecule has 13 nitrogen and oxygen atoms in total. The predicted octanol–water partition coefficient (Wildman–Crippen LogP) is 10.5. The van der Waals surface area contributed by atoms with Crippen LogP contribution in [0.2, 0.25) is 0 Å². The zero-order chi connectivity index (χ0) is 49.3. The third-order valence-corrected chi connectivity index (χ3v) is 10.6. The summed E-state index contributed by atoms with van der Waals surface area (Å²) in [6, 6.07) is 9.24. The number of hydrogen-bond donors (Lipinski definition) is 3. The number of ether oxygens (including phenoxy) is 3. The quantitative estimate of drug-likeness (QED) is 0.0733. The molecular weight excluding hydrogens is 1050 g/mol. The van der Waals surface area contributed by atoms with E-state index in [1.54, 1.807) is 0 Å². The summed E-state index contributed by atoms with van der Waals surface area (Å²) in [5.41, 5.74) is 2.31. The molecule has 0 aliphatic carbocycles. The van der Waals surface area contributed by atoms with E-state index in [0.29, 0.717) is 48.5 Å². The van der Waals surface area contributed by atoms with E-state index in [1.807, 2.05) is 0 Å². The van der Waals surface area contributed by atoms with Crippen molar-refractivity contribution in [1.29, 1.82) is 0 Å². The van der Waals surface area contributed by atoms with Gasteiger partial charge in [0.2, 0.25) is 23.5 Å². The van der Waals surface area contributed by atoms with Crippen molar-refractivity contribution in [3.63, 3.8) is 0 Å². The van der Waals surface area contributed by atoms with Crippen molar-refractivity contribution in [1.82, 2.24) is 9.97 Å². The molecule has 0 saturated carbocycles. The summed E-state index contributed by atoms with van der Waals surface area (Å²) in [5, 5.41) is 10.9. The highest BCUT2D eigenvalue weighted by Crippen LogP contribution is 2.44. The Morgan fingerprint density at radius 1 is 0.701 bits per heavy atom. The van der Waals surface area contributed by atoms with Crippen molar-refractivity contribution in [2.24, 2.45) is 11.5 Å². The van der Waals surface area contributed by atoms with Crippen molar-refractivity contribution >= 4 is 49.6 Å². The largest absolute Gasteiger partial charge is 0.479 e. The first-order chi connectivity index (χ1) is 31.4. The molecule has 0 spiro atoms. The lowest BCUT2D eigenvalue weighted by Gasteiger charge is -2.36. The molecule has 2 aromatic heterocycles. The van der Waals surface area contributed by atoms with E-state index < -0.39 is 130 Å². The normalized spacial score (nSPS) is 13.7. The number of aliphatic carboxylic acids is 1. The third kappa shape index (κ3) is 10.4. The summed E-state index contributed by atoms with van der Waals surface area (Å²) >= 11 is 6.17. The van der Waals surface area contributed by atoms with Gasteiger partial charge in [0.1, 0.15) is 34.1 Å². The van der Waals surface area contributed by atoms with Crippen LogP contribution < -0.4 is 20.9 Å². The number of oxazole rings is 2. The second kappa shape index (κ2) is 19.4. The summed E-state index contributed by atoms with van der Waals surface area (Å²) in [6.07, 6.45) is -15.1.